The number of aliphatic hydroxyl groups is 1. The van der Waals surface area contributed by atoms with Crippen molar-refractivity contribution < 1.29 is 9.84 Å². The minimum atomic E-state index is -0.283. The molecular weight excluding hydrogens is 512 g/mol. The van der Waals surface area contributed by atoms with Crippen LogP contribution >= 0.6 is 0 Å². The van der Waals surface area contributed by atoms with Gasteiger partial charge in [0.05, 0.1) is 6.10 Å². The Morgan fingerprint density at radius 1 is 0.738 bits per heavy atom. The van der Waals surface area contributed by atoms with Crippen molar-refractivity contribution in [3.8, 4) is 0 Å². The zero-order chi connectivity index (χ0) is 31.2. The molecule has 0 spiro atoms. The molecule has 1 N–H and O–H groups in total. The van der Waals surface area contributed by atoms with Gasteiger partial charge in [0, 0.05) is 11.8 Å². The van der Waals surface area contributed by atoms with Crippen molar-refractivity contribution >= 4 is 0 Å². The second-order valence-corrected chi connectivity index (χ2v) is 14.4. The van der Waals surface area contributed by atoms with Crippen molar-refractivity contribution in [3.05, 3.63) is 119 Å². The van der Waals surface area contributed by atoms with Crippen molar-refractivity contribution in [1.29, 1.82) is 0 Å². The molecule has 0 aromatic heterocycles. The molecule has 2 aliphatic carbocycles. The average molecular weight is 569 g/mol. The number of allylic oxidation sites excluding steroid dienone is 19. The normalized spacial score (nSPS) is 31.0. The maximum Gasteiger partial charge on any atom is 0.121 e. The molecule has 1 heterocycles. The van der Waals surface area contributed by atoms with Gasteiger partial charge in [-0.1, -0.05) is 135 Å². The fraction of sp³-hybridized carbons (Fsp3) is 0.500. The summed E-state index contributed by atoms with van der Waals surface area (Å²) in [6.45, 7) is 22.1. The molecular formula is C40H56O2. The first-order valence-electron chi connectivity index (χ1n) is 15.8. The lowest BCUT2D eigenvalue weighted by molar-refractivity contribution is 0.0515. The fourth-order valence-corrected chi connectivity index (χ4v) is 6.89. The van der Waals surface area contributed by atoms with Crippen LogP contribution in [0.3, 0.4) is 0 Å². The van der Waals surface area contributed by atoms with E-state index in [-0.39, 0.29) is 28.1 Å². The molecule has 0 bridgehead atoms. The van der Waals surface area contributed by atoms with Crippen molar-refractivity contribution in [1.82, 2.24) is 0 Å². The molecule has 228 valence electrons. The first-order valence-corrected chi connectivity index (χ1v) is 15.8. The number of ether oxygens (including phenoxy) is 1. The second kappa shape index (κ2) is 13.7. The van der Waals surface area contributed by atoms with Crippen molar-refractivity contribution in [3.63, 3.8) is 0 Å². The molecule has 3 atom stereocenters. The van der Waals surface area contributed by atoms with E-state index in [0.717, 1.165) is 6.42 Å². The Kier molecular flexibility index (Phi) is 11.1. The van der Waals surface area contributed by atoms with E-state index in [1.807, 2.05) is 0 Å². The van der Waals surface area contributed by atoms with Gasteiger partial charge < -0.3 is 9.84 Å². The van der Waals surface area contributed by atoms with Gasteiger partial charge in [-0.15, -0.1) is 0 Å². The van der Waals surface area contributed by atoms with Crippen molar-refractivity contribution in [2.24, 2.45) is 10.8 Å². The Morgan fingerprint density at radius 3 is 1.81 bits per heavy atom. The zero-order valence-corrected chi connectivity index (χ0v) is 28.1. The standard InChI is InChI=1S/C40H56O2/c1-30(18-13-20-32(3)23-24-36-34(5)22-15-26-37(36,6)7)16-11-12-17-31(2)19-14-21-33(4)25-27-40-38(8,9)28-35(41)29-39(40,10)42-40/h11-14,16-21,23-25,27,35,41H,15,22,26,28-29H2,1-10H3/b12-11+,18-13+,19-14+,24-23+,27-25+,30-16+,31-17+,32-20+,33-21+/t35-,39+,40-/m1/s1. The number of fused-ring (bicyclic) bond motifs is 1. The topological polar surface area (TPSA) is 32.8 Å². The highest BCUT2D eigenvalue weighted by Gasteiger charge is 2.74. The van der Waals surface area contributed by atoms with Crippen LogP contribution in [0.2, 0.25) is 0 Å². The van der Waals surface area contributed by atoms with Crippen LogP contribution in [-0.4, -0.2) is 22.4 Å². The largest absolute Gasteiger partial charge is 0.393 e. The molecule has 0 aromatic rings. The van der Waals surface area contributed by atoms with Gasteiger partial charge in [-0.25, -0.2) is 0 Å². The average Bonchev–Trinajstić information content (AvgIpc) is 3.50. The molecule has 0 aromatic carbocycles. The van der Waals surface area contributed by atoms with Crippen LogP contribution in [0.5, 0.6) is 0 Å². The van der Waals surface area contributed by atoms with Crippen LogP contribution in [-0.2, 0) is 4.74 Å². The third-order valence-electron chi connectivity index (χ3n) is 9.41. The Hall–Kier alpha value is -2.68. The summed E-state index contributed by atoms with van der Waals surface area (Å²) >= 11 is 0. The van der Waals surface area contributed by atoms with Gasteiger partial charge in [0.25, 0.3) is 0 Å². The van der Waals surface area contributed by atoms with Crippen LogP contribution in [0.15, 0.2) is 119 Å². The Morgan fingerprint density at radius 2 is 1.26 bits per heavy atom. The summed E-state index contributed by atoms with van der Waals surface area (Å²) in [6, 6.07) is 0. The van der Waals surface area contributed by atoms with E-state index in [9.17, 15) is 5.11 Å². The van der Waals surface area contributed by atoms with E-state index in [2.05, 4.69) is 154 Å². The predicted octanol–water partition coefficient (Wildman–Crippen LogP) is 10.8. The van der Waals surface area contributed by atoms with Crippen LogP contribution in [0.25, 0.3) is 0 Å². The Bertz CT molecular complexity index is 1300. The van der Waals surface area contributed by atoms with Gasteiger partial charge in [-0.2, -0.15) is 0 Å². The van der Waals surface area contributed by atoms with E-state index in [1.54, 1.807) is 0 Å². The number of hydrogen-bond acceptors (Lipinski definition) is 2. The molecule has 3 rings (SSSR count). The van der Waals surface area contributed by atoms with E-state index in [0.29, 0.717) is 6.42 Å². The second-order valence-electron chi connectivity index (χ2n) is 14.4. The molecule has 2 nitrogen and oxygen atoms in total. The molecule has 1 aliphatic heterocycles. The molecule has 1 saturated heterocycles. The molecule has 1 saturated carbocycles. The molecule has 0 radical (unpaired) electrons. The summed E-state index contributed by atoms with van der Waals surface area (Å²) in [7, 11) is 0. The lowest BCUT2D eigenvalue weighted by atomic mass is 9.63. The van der Waals surface area contributed by atoms with Crippen LogP contribution in [0.1, 0.15) is 101 Å². The molecule has 2 heteroatoms. The van der Waals surface area contributed by atoms with Crippen LogP contribution in [0.4, 0.5) is 0 Å². The predicted molar refractivity (Wildman–Crippen MR) is 182 cm³/mol. The first kappa shape index (κ1) is 33.8. The van der Waals surface area contributed by atoms with Crippen molar-refractivity contribution in [2.75, 3.05) is 0 Å². The van der Waals surface area contributed by atoms with Crippen LogP contribution < -0.4 is 0 Å². The molecule has 42 heavy (non-hydrogen) atoms. The van der Waals surface area contributed by atoms with Gasteiger partial charge in [-0.3, -0.25) is 0 Å². The molecule has 2 fully saturated rings. The van der Waals surface area contributed by atoms with Gasteiger partial charge in [0.15, 0.2) is 0 Å². The minimum absolute atomic E-state index is 0.0868. The summed E-state index contributed by atoms with van der Waals surface area (Å²) in [5.41, 5.74) is 7.55. The van der Waals surface area contributed by atoms with E-state index in [1.165, 1.54) is 52.7 Å². The summed E-state index contributed by atoms with van der Waals surface area (Å²) in [4.78, 5) is 0. The van der Waals surface area contributed by atoms with Gasteiger partial charge in [-0.05, 0) is 84.3 Å². The lowest BCUT2D eigenvalue weighted by Gasteiger charge is -2.39. The third kappa shape index (κ3) is 8.45. The highest BCUT2D eigenvalue weighted by Crippen LogP contribution is 2.66. The molecule has 0 amide bonds. The maximum atomic E-state index is 10.2. The maximum absolute atomic E-state index is 10.2. The smallest absolute Gasteiger partial charge is 0.121 e. The highest BCUT2D eigenvalue weighted by molar-refractivity contribution is 5.38. The van der Waals surface area contributed by atoms with Crippen molar-refractivity contribution in [2.45, 2.75) is 119 Å². The zero-order valence-electron chi connectivity index (χ0n) is 28.1. The van der Waals surface area contributed by atoms with Crippen LogP contribution in [0, 0.1) is 10.8 Å². The summed E-state index contributed by atoms with van der Waals surface area (Å²) in [5.74, 6) is 0. The quantitative estimate of drug-likeness (QED) is 0.210. The highest BCUT2D eigenvalue weighted by atomic mass is 16.6. The number of epoxide rings is 1. The third-order valence-corrected chi connectivity index (χ3v) is 9.41. The SMILES string of the molecule is CC1=C(/C=C/C(C)=C/C=C/C(C)=C/C=C/C=C(C)/C=C/C=C(C)/C=C/[C@]23O[C@@]2(C)C[C@H](O)CC3(C)C)C(C)(C)CCC1. The number of rotatable bonds is 10. The minimum Gasteiger partial charge on any atom is -0.393 e. The van der Waals surface area contributed by atoms with E-state index < -0.39 is 0 Å². The summed E-state index contributed by atoms with van der Waals surface area (Å²) < 4.78 is 6.25. The van der Waals surface area contributed by atoms with Gasteiger partial charge in [0.1, 0.15) is 11.2 Å². The summed E-state index contributed by atoms with van der Waals surface area (Å²) in [5, 5.41) is 10.2. The first-order chi connectivity index (χ1) is 19.6. The Balaban J connectivity index is 1.49. The summed E-state index contributed by atoms with van der Waals surface area (Å²) in [6.07, 6.45) is 35.2. The van der Waals surface area contributed by atoms with E-state index in [4.69, 9.17) is 4.74 Å². The number of aliphatic hydroxyl groups excluding tert-OH is 1. The molecule has 0 unspecified atom stereocenters. The van der Waals surface area contributed by atoms with Gasteiger partial charge in [0.2, 0.25) is 0 Å². The lowest BCUT2D eigenvalue weighted by Crippen LogP contribution is -2.46. The molecule has 3 aliphatic rings. The monoisotopic (exact) mass is 568 g/mol. The van der Waals surface area contributed by atoms with E-state index >= 15 is 0 Å². The number of hydrogen-bond donors (Lipinski definition) is 1. The fourth-order valence-electron chi connectivity index (χ4n) is 6.89. The van der Waals surface area contributed by atoms with Gasteiger partial charge >= 0.3 is 0 Å². The Labute approximate surface area is 257 Å².